The van der Waals surface area contributed by atoms with Crippen LogP contribution in [0.3, 0.4) is 0 Å². The minimum atomic E-state index is -3.62. The Hall–Kier alpha value is -2.38. The number of amides is 1. The minimum Gasteiger partial charge on any atom is -0.493 e. The Kier molecular flexibility index (Phi) is 6.62. The van der Waals surface area contributed by atoms with Gasteiger partial charge in [0.25, 0.3) is 5.91 Å². The van der Waals surface area contributed by atoms with Crippen molar-refractivity contribution in [3.05, 3.63) is 54.1 Å². The number of hydrogen-bond donors (Lipinski definition) is 2. The van der Waals surface area contributed by atoms with Crippen LogP contribution in [0.5, 0.6) is 5.75 Å². The third kappa shape index (κ3) is 6.08. The predicted octanol–water partition coefficient (Wildman–Crippen LogP) is 3.80. The maximum absolute atomic E-state index is 12.5. The Balaban J connectivity index is 2.14. The van der Waals surface area contributed by atoms with Gasteiger partial charge in [0, 0.05) is 11.2 Å². The van der Waals surface area contributed by atoms with Crippen LogP contribution < -0.4 is 14.8 Å². The fourth-order valence-electron chi connectivity index (χ4n) is 2.37. The van der Waals surface area contributed by atoms with Crippen LogP contribution in [0.25, 0.3) is 0 Å². The van der Waals surface area contributed by atoms with Gasteiger partial charge in [-0.05, 0) is 63.6 Å². The molecule has 0 fully saturated rings. The monoisotopic (exact) mass is 390 g/mol. The highest BCUT2D eigenvalue weighted by Gasteiger charge is 2.22. The zero-order chi connectivity index (χ0) is 20.1. The van der Waals surface area contributed by atoms with Gasteiger partial charge in [-0.2, -0.15) is 0 Å². The van der Waals surface area contributed by atoms with Crippen LogP contribution in [0.15, 0.2) is 53.4 Å². The van der Waals surface area contributed by atoms with Gasteiger partial charge < -0.3 is 10.1 Å². The summed E-state index contributed by atoms with van der Waals surface area (Å²) in [5.74, 6) is 0.204. The number of benzene rings is 2. The third-order valence-corrected chi connectivity index (χ3v) is 5.23. The van der Waals surface area contributed by atoms with Crippen LogP contribution in [0.2, 0.25) is 0 Å². The number of ether oxygens (including phenoxy) is 1. The molecule has 0 saturated heterocycles. The Morgan fingerprint density at radius 3 is 2.26 bits per heavy atom. The van der Waals surface area contributed by atoms with E-state index in [1.54, 1.807) is 51.1 Å². The van der Waals surface area contributed by atoms with Crippen molar-refractivity contribution in [2.75, 3.05) is 11.9 Å². The van der Waals surface area contributed by atoms with E-state index < -0.39 is 15.6 Å². The summed E-state index contributed by atoms with van der Waals surface area (Å²) in [7, 11) is -3.62. The van der Waals surface area contributed by atoms with Crippen LogP contribution in [-0.2, 0) is 10.0 Å². The second-order valence-electron chi connectivity index (χ2n) is 7.18. The number of hydrogen-bond acceptors (Lipinski definition) is 4. The second kappa shape index (κ2) is 8.54. The molecule has 7 heteroatoms. The highest BCUT2D eigenvalue weighted by Crippen LogP contribution is 2.21. The second-order valence-corrected chi connectivity index (χ2v) is 8.86. The number of carbonyl (C=O) groups excluding carboxylic acids is 1. The Morgan fingerprint density at radius 1 is 1.04 bits per heavy atom. The highest BCUT2D eigenvalue weighted by atomic mass is 32.2. The van der Waals surface area contributed by atoms with Crippen molar-refractivity contribution >= 4 is 21.6 Å². The number of sulfonamides is 1. The van der Waals surface area contributed by atoms with Crippen LogP contribution >= 0.6 is 0 Å². The van der Waals surface area contributed by atoms with E-state index in [1.807, 2.05) is 13.0 Å². The van der Waals surface area contributed by atoms with E-state index in [9.17, 15) is 13.2 Å². The SMILES string of the molecule is CCCOc1ccccc1C(=O)Nc1ccc(S(=O)(=O)NC(C)(C)C)cc1. The lowest BCUT2D eigenvalue weighted by atomic mass is 10.1. The van der Waals surface area contributed by atoms with E-state index in [2.05, 4.69) is 10.0 Å². The molecule has 0 saturated carbocycles. The van der Waals surface area contributed by atoms with Crippen molar-refractivity contribution < 1.29 is 17.9 Å². The molecule has 146 valence electrons. The molecule has 0 spiro atoms. The molecular formula is C20H26N2O4S. The molecule has 0 aliphatic heterocycles. The lowest BCUT2D eigenvalue weighted by molar-refractivity contribution is 0.102. The molecule has 2 rings (SSSR count). The van der Waals surface area contributed by atoms with Crippen LogP contribution in [0.1, 0.15) is 44.5 Å². The summed E-state index contributed by atoms with van der Waals surface area (Å²) in [6, 6.07) is 13.1. The molecule has 0 aliphatic rings. The van der Waals surface area contributed by atoms with Crippen molar-refractivity contribution in [2.24, 2.45) is 0 Å². The van der Waals surface area contributed by atoms with Crippen molar-refractivity contribution in [3.63, 3.8) is 0 Å². The van der Waals surface area contributed by atoms with Crippen LogP contribution in [0.4, 0.5) is 5.69 Å². The van der Waals surface area contributed by atoms with Gasteiger partial charge >= 0.3 is 0 Å². The van der Waals surface area contributed by atoms with Gasteiger partial charge in [-0.1, -0.05) is 19.1 Å². The standard InChI is InChI=1S/C20H26N2O4S/c1-5-14-26-18-9-7-6-8-17(18)19(23)21-15-10-12-16(13-11-15)27(24,25)22-20(2,3)4/h6-13,22H,5,14H2,1-4H3,(H,21,23). The predicted molar refractivity (Wildman–Crippen MR) is 107 cm³/mol. The molecule has 2 aromatic carbocycles. The summed E-state index contributed by atoms with van der Waals surface area (Å²) in [6.07, 6.45) is 0.842. The number of nitrogens with one attached hydrogen (secondary N) is 2. The Bertz CT molecular complexity index is 885. The van der Waals surface area contributed by atoms with E-state index in [0.717, 1.165) is 6.42 Å². The minimum absolute atomic E-state index is 0.141. The van der Waals surface area contributed by atoms with Crippen molar-refractivity contribution in [2.45, 2.75) is 44.6 Å². The average molecular weight is 391 g/mol. The van der Waals surface area contributed by atoms with Gasteiger partial charge in [0.2, 0.25) is 10.0 Å². The Morgan fingerprint density at radius 2 is 1.67 bits per heavy atom. The van der Waals surface area contributed by atoms with E-state index in [4.69, 9.17) is 4.74 Å². The largest absolute Gasteiger partial charge is 0.493 e. The maximum Gasteiger partial charge on any atom is 0.259 e. The molecule has 27 heavy (non-hydrogen) atoms. The topological polar surface area (TPSA) is 84.5 Å². The molecule has 0 radical (unpaired) electrons. The molecule has 0 atom stereocenters. The molecule has 0 aliphatic carbocycles. The van der Waals surface area contributed by atoms with E-state index in [-0.39, 0.29) is 10.8 Å². The van der Waals surface area contributed by atoms with E-state index >= 15 is 0 Å². The first-order chi connectivity index (χ1) is 12.6. The van der Waals surface area contributed by atoms with E-state index in [0.29, 0.717) is 23.6 Å². The lowest BCUT2D eigenvalue weighted by Gasteiger charge is -2.20. The van der Waals surface area contributed by atoms with E-state index in [1.165, 1.54) is 12.1 Å². The number of anilines is 1. The zero-order valence-electron chi connectivity index (χ0n) is 16.1. The van der Waals surface area contributed by atoms with Crippen molar-refractivity contribution in [3.8, 4) is 5.75 Å². The summed E-state index contributed by atoms with van der Waals surface area (Å²) >= 11 is 0. The molecule has 0 heterocycles. The van der Waals surface area contributed by atoms with Crippen molar-refractivity contribution in [1.82, 2.24) is 4.72 Å². The number of carbonyl (C=O) groups is 1. The molecule has 2 N–H and O–H groups in total. The maximum atomic E-state index is 12.5. The molecule has 0 bridgehead atoms. The highest BCUT2D eigenvalue weighted by molar-refractivity contribution is 7.89. The fourth-order valence-corrected chi connectivity index (χ4v) is 3.79. The summed E-state index contributed by atoms with van der Waals surface area (Å²) in [6.45, 7) is 7.84. The Labute approximate surface area is 161 Å². The summed E-state index contributed by atoms with van der Waals surface area (Å²) in [4.78, 5) is 12.7. The van der Waals surface area contributed by atoms with Gasteiger partial charge in [0.05, 0.1) is 17.1 Å². The first-order valence-electron chi connectivity index (χ1n) is 8.79. The van der Waals surface area contributed by atoms with Gasteiger partial charge in [0.1, 0.15) is 5.75 Å². The molecule has 2 aromatic rings. The first kappa shape index (κ1) is 20.9. The van der Waals surface area contributed by atoms with Crippen molar-refractivity contribution in [1.29, 1.82) is 0 Å². The van der Waals surface area contributed by atoms with Gasteiger partial charge in [0.15, 0.2) is 0 Å². The zero-order valence-corrected chi connectivity index (χ0v) is 16.9. The van der Waals surface area contributed by atoms with Crippen LogP contribution in [0, 0.1) is 0 Å². The first-order valence-corrected chi connectivity index (χ1v) is 10.3. The molecule has 0 aromatic heterocycles. The van der Waals surface area contributed by atoms with Gasteiger partial charge in [-0.3, -0.25) is 4.79 Å². The fraction of sp³-hybridized carbons (Fsp3) is 0.350. The molecular weight excluding hydrogens is 364 g/mol. The lowest BCUT2D eigenvalue weighted by Crippen LogP contribution is -2.40. The average Bonchev–Trinajstić information content (AvgIpc) is 2.58. The van der Waals surface area contributed by atoms with Gasteiger partial charge in [-0.15, -0.1) is 0 Å². The van der Waals surface area contributed by atoms with Gasteiger partial charge in [-0.25, -0.2) is 13.1 Å². The normalized spacial score (nSPS) is 11.9. The summed E-state index contributed by atoms with van der Waals surface area (Å²) in [5.41, 5.74) is 0.352. The molecule has 1 amide bonds. The summed E-state index contributed by atoms with van der Waals surface area (Å²) < 4.78 is 32.9. The smallest absolute Gasteiger partial charge is 0.259 e. The summed E-state index contributed by atoms with van der Waals surface area (Å²) in [5, 5.41) is 2.77. The molecule has 0 unspecified atom stereocenters. The quantitative estimate of drug-likeness (QED) is 0.753. The molecule has 6 nitrogen and oxygen atoms in total. The van der Waals surface area contributed by atoms with Crippen LogP contribution in [-0.4, -0.2) is 26.5 Å². The number of rotatable bonds is 7. The third-order valence-electron chi connectivity index (χ3n) is 3.46. The number of para-hydroxylation sites is 1.